The molecule has 18 heavy (non-hydrogen) atoms. The molecular formula is C11H7BrClF3N2. The van der Waals surface area contributed by atoms with Crippen LogP contribution in [-0.2, 0) is 12.7 Å². The van der Waals surface area contributed by atoms with Crippen LogP contribution in [0.5, 0.6) is 0 Å². The molecule has 1 aromatic carbocycles. The molecule has 7 heteroatoms. The largest absolute Gasteiger partial charge is 0.435 e. The Morgan fingerprint density at radius 3 is 2.56 bits per heavy atom. The number of benzene rings is 1. The predicted molar refractivity (Wildman–Crippen MR) is 65.5 cm³/mol. The van der Waals surface area contributed by atoms with Gasteiger partial charge in [-0.25, -0.2) is 0 Å². The van der Waals surface area contributed by atoms with Gasteiger partial charge in [-0.15, -0.1) is 0 Å². The summed E-state index contributed by atoms with van der Waals surface area (Å²) < 4.78 is 39.1. The third-order valence-corrected chi connectivity index (χ3v) is 3.12. The van der Waals surface area contributed by atoms with E-state index in [1.807, 2.05) is 0 Å². The molecule has 0 aliphatic heterocycles. The molecule has 0 amide bonds. The van der Waals surface area contributed by atoms with Crippen LogP contribution < -0.4 is 0 Å². The lowest BCUT2D eigenvalue weighted by molar-refractivity contribution is -0.141. The average Bonchev–Trinajstić information content (AvgIpc) is 2.70. The van der Waals surface area contributed by atoms with Crippen molar-refractivity contribution in [1.82, 2.24) is 9.78 Å². The highest BCUT2D eigenvalue weighted by Gasteiger charge is 2.33. The molecule has 0 radical (unpaired) electrons. The Morgan fingerprint density at radius 2 is 2.00 bits per heavy atom. The smallest absolute Gasteiger partial charge is 0.268 e. The Labute approximate surface area is 114 Å². The van der Waals surface area contributed by atoms with Gasteiger partial charge in [-0.2, -0.15) is 18.3 Å². The van der Waals surface area contributed by atoms with E-state index in [0.29, 0.717) is 10.6 Å². The highest BCUT2D eigenvalue weighted by molar-refractivity contribution is 9.10. The fourth-order valence-corrected chi connectivity index (χ4v) is 2.16. The summed E-state index contributed by atoms with van der Waals surface area (Å²) in [7, 11) is 0. The summed E-state index contributed by atoms with van der Waals surface area (Å²) in [6.45, 7) is 0.197. The average molecular weight is 340 g/mol. The van der Waals surface area contributed by atoms with Crippen LogP contribution in [0.1, 0.15) is 11.3 Å². The summed E-state index contributed by atoms with van der Waals surface area (Å²) in [5, 5.41) is 3.94. The first-order valence-electron chi connectivity index (χ1n) is 4.91. The maximum Gasteiger partial charge on any atom is 0.435 e. The van der Waals surface area contributed by atoms with Gasteiger partial charge in [-0.3, -0.25) is 4.68 Å². The fourth-order valence-electron chi connectivity index (χ4n) is 1.43. The minimum Gasteiger partial charge on any atom is -0.268 e. The lowest BCUT2D eigenvalue weighted by Crippen LogP contribution is -2.08. The van der Waals surface area contributed by atoms with E-state index in [-0.39, 0.29) is 6.54 Å². The van der Waals surface area contributed by atoms with Gasteiger partial charge < -0.3 is 0 Å². The topological polar surface area (TPSA) is 17.8 Å². The van der Waals surface area contributed by atoms with Crippen LogP contribution >= 0.6 is 27.5 Å². The first-order chi connectivity index (χ1) is 8.36. The van der Waals surface area contributed by atoms with Gasteiger partial charge in [0.2, 0.25) is 0 Å². The van der Waals surface area contributed by atoms with E-state index in [0.717, 1.165) is 10.5 Å². The summed E-state index contributed by atoms with van der Waals surface area (Å²) in [6.07, 6.45) is -3.14. The molecule has 0 N–H and O–H groups in total. The lowest BCUT2D eigenvalue weighted by Gasteiger charge is -2.05. The number of halogens is 5. The second kappa shape index (κ2) is 4.93. The van der Waals surface area contributed by atoms with E-state index in [1.54, 1.807) is 18.2 Å². The molecule has 1 heterocycles. The van der Waals surface area contributed by atoms with Crippen molar-refractivity contribution in [1.29, 1.82) is 0 Å². The van der Waals surface area contributed by atoms with Gasteiger partial charge in [0, 0.05) is 15.7 Å². The van der Waals surface area contributed by atoms with E-state index in [4.69, 9.17) is 11.6 Å². The highest BCUT2D eigenvalue weighted by Crippen LogP contribution is 2.28. The number of hydrogen-bond donors (Lipinski definition) is 0. The summed E-state index contributed by atoms with van der Waals surface area (Å²) in [5.41, 5.74) is -0.201. The first-order valence-corrected chi connectivity index (χ1v) is 6.08. The molecule has 96 valence electrons. The van der Waals surface area contributed by atoms with Crippen LogP contribution in [0.15, 0.2) is 34.9 Å². The van der Waals surface area contributed by atoms with Crippen LogP contribution in [0.2, 0.25) is 5.02 Å². The van der Waals surface area contributed by atoms with Crippen molar-refractivity contribution in [2.45, 2.75) is 12.7 Å². The van der Waals surface area contributed by atoms with Crippen molar-refractivity contribution in [3.8, 4) is 0 Å². The van der Waals surface area contributed by atoms with Crippen LogP contribution in [0.25, 0.3) is 0 Å². The summed E-state index contributed by atoms with van der Waals surface area (Å²) in [5.74, 6) is 0. The molecule has 0 fully saturated rings. The number of hydrogen-bond acceptors (Lipinski definition) is 1. The maximum absolute atomic E-state index is 12.4. The van der Waals surface area contributed by atoms with Crippen molar-refractivity contribution < 1.29 is 13.2 Å². The molecule has 0 aliphatic carbocycles. The normalized spacial score (nSPS) is 11.8. The van der Waals surface area contributed by atoms with Gasteiger partial charge >= 0.3 is 6.18 Å². The second-order valence-electron chi connectivity index (χ2n) is 3.63. The van der Waals surface area contributed by atoms with Crippen LogP contribution in [-0.4, -0.2) is 9.78 Å². The Morgan fingerprint density at radius 1 is 1.28 bits per heavy atom. The van der Waals surface area contributed by atoms with Crippen LogP contribution in [0.4, 0.5) is 13.2 Å². The van der Waals surface area contributed by atoms with Gasteiger partial charge in [-0.05, 0) is 23.8 Å². The fraction of sp³-hybridized carbons (Fsp3) is 0.182. The minimum absolute atomic E-state index is 0.197. The molecule has 0 aliphatic rings. The standard InChI is InChI=1S/C11H7BrClF3N2/c12-8-2-1-7(9(13)5-8)6-18-4-3-10(17-18)11(14,15)16/h1-5H,6H2. The molecule has 2 aromatic rings. The predicted octanol–water partition coefficient (Wildman–Crippen LogP) is 4.37. The minimum atomic E-state index is -4.42. The van der Waals surface area contributed by atoms with Crippen molar-refractivity contribution >= 4 is 27.5 Å². The molecule has 2 nitrogen and oxygen atoms in total. The molecule has 0 spiro atoms. The van der Waals surface area contributed by atoms with Gasteiger partial charge in [0.05, 0.1) is 6.54 Å². The molecular weight excluding hydrogens is 332 g/mol. The Kier molecular flexibility index (Phi) is 3.68. The van der Waals surface area contributed by atoms with E-state index in [2.05, 4.69) is 21.0 Å². The lowest BCUT2D eigenvalue weighted by atomic mass is 10.2. The molecule has 0 saturated heterocycles. The van der Waals surface area contributed by atoms with Gasteiger partial charge in [0.1, 0.15) is 0 Å². The van der Waals surface area contributed by atoms with E-state index in [9.17, 15) is 13.2 Å². The van der Waals surface area contributed by atoms with Crippen LogP contribution in [0, 0.1) is 0 Å². The van der Waals surface area contributed by atoms with Gasteiger partial charge in [-0.1, -0.05) is 33.6 Å². The van der Waals surface area contributed by atoms with Gasteiger partial charge in [0.25, 0.3) is 0 Å². The second-order valence-corrected chi connectivity index (χ2v) is 4.95. The molecule has 0 atom stereocenters. The molecule has 2 rings (SSSR count). The highest BCUT2D eigenvalue weighted by atomic mass is 79.9. The zero-order valence-corrected chi connectivity index (χ0v) is 11.2. The third kappa shape index (κ3) is 3.05. The zero-order chi connectivity index (χ0) is 13.3. The zero-order valence-electron chi connectivity index (χ0n) is 8.88. The Balaban J connectivity index is 2.21. The van der Waals surface area contributed by atoms with Crippen molar-refractivity contribution in [3.05, 3.63) is 51.2 Å². The van der Waals surface area contributed by atoms with Gasteiger partial charge in [0.15, 0.2) is 5.69 Å². The first kappa shape index (κ1) is 13.4. The van der Waals surface area contributed by atoms with Crippen molar-refractivity contribution in [2.75, 3.05) is 0 Å². The maximum atomic E-state index is 12.4. The Bertz CT molecular complexity index is 566. The van der Waals surface area contributed by atoms with E-state index < -0.39 is 11.9 Å². The summed E-state index contributed by atoms with van der Waals surface area (Å²) in [4.78, 5) is 0. The summed E-state index contributed by atoms with van der Waals surface area (Å²) >= 11 is 9.24. The number of aromatic nitrogens is 2. The Hall–Kier alpha value is -1.01. The quantitative estimate of drug-likeness (QED) is 0.794. The van der Waals surface area contributed by atoms with E-state index in [1.165, 1.54) is 10.9 Å². The van der Waals surface area contributed by atoms with Crippen LogP contribution in [0.3, 0.4) is 0 Å². The number of rotatable bonds is 2. The molecule has 0 saturated carbocycles. The monoisotopic (exact) mass is 338 g/mol. The van der Waals surface area contributed by atoms with Crippen molar-refractivity contribution in [2.24, 2.45) is 0 Å². The van der Waals surface area contributed by atoms with Crippen molar-refractivity contribution in [3.63, 3.8) is 0 Å². The third-order valence-electron chi connectivity index (χ3n) is 2.28. The van der Waals surface area contributed by atoms with E-state index >= 15 is 0 Å². The SMILES string of the molecule is FC(F)(F)c1ccn(Cc2ccc(Br)cc2Cl)n1. The number of alkyl halides is 3. The summed E-state index contributed by atoms with van der Waals surface area (Å²) in [6, 6.07) is 6.13. The molecule has 0 unspecified atom stereocenters. The molecule has 0 bridgehead atoms. The number of nitrogens with zero attached hydrogens (tertiary/aromatic N) is 2. The molecule has 1 aromatic heterocycles.